The van der Waals surface area contributed by atoms with Crippen LogP contribution >= 0.6 is 15.9 Å². The third kappa shape index (κ3) is 4.78. The van der Waals surface area contributed by atoms with E-state index in [1.807, 2.05) is 50.0 Å². The van der Waals surface area contributed by atoms with Gasteiger partial charge in [-0.2, -0.15) is 0 Å². The Morgan fingerprint density at radius 1 is 1.38 bits per heavy atom. The lowest BCUT2D eigenvalue weighted by Crippen LogP contribution is -2.49. The predicted molar refractivity (Wildman–Crippen MR) is 108 cm³/mol. The number of piperidine rings is 1. The molecule has 0 bridgehead atoms. The van der Waals surface area contributed by atoms with E-state index < -0.39 is 0 Å². The Bertz CT molecular complexity index is 701. The molecule has 0 aliphatic carbocycles. The summed E-state index contributed by atoms with van der Waals surface area (Å²) in [6.45, 7) is 5.56. The van der Waals surface area contributed by atoms with Crippen molar-refractivity contribution >= 4 is 21.9 Å². The number of benzene rings is 1. The molecular formula is C19H26BrN5O. The van der Waals surface area contributed by atoms with Gasteiger partial charge in [0.15, 0.2) is 5.96 Å². The van der Waals surface area contributed by atoms with Gasteiger partial charge >= 0.3 is 0 Å². The van der Waals surface area contributed by atoms with Crippen LogP contribution in [-0.2, 0) is 0 Å². The lowest BCUT2D eigenvalue weighted by molar-refractivity contribution is 0.188. The summed E-state index contributed by atoms with van der Waals surface area (Å²) in [6, 6.07) is 8.30. The summed E-state index contributed by atoms with van der Waals surface area (Å²) in [5.41, 5.74) is 0. The second-order valence-electron chi connectivity index (χ2n) is 6.57. The van der Waals surface area contributed by atoms with Gasteiger partial charge in [-0.1, -0.05) is 22.9 Å². The fourth-order valence-electron chi connectivity index (χ4n) is 3.29. The summed E-state index contributed by atoms with van der Waals surface area (Å²) in [5.74, 6) is 2.43. The molecule has 0 amide bonds. The van der Waals surface area contributed by atoms with Gasteiger partial charge in [0, 0.05) is 37.0 Å². The molecule has 3 rings (SSSR count). The average Bonchev–Trinajstić information content (AvgIpc) is 3.18. The van der Waals surface area contributed by atoms with E-state index >= 15 is 0 Å². The molecule has 0 radical (unpaired) electrons. The molecule has 1 N–H and O–H groups in total. The number of hydrogen-bond acceptors (Lipinski definition) is 3. The fraction of sp³-hybridized carbons (Fsp3) is 0.474. The Morgan fingerprint density at radius 3 is 2.88 bits per heavy atom. The van der Waals surface area contributed by atoms with Crippen molar-refractivity contribution in [2.75, 3.05) is 33.3 Å². The Kier molecular flexibility index (Phi) is 6.55. The molecular weight excluding hydrogens is 394 g/mol. The van der Waals surface area contributed by atoms with Crippen molar-refractivity contribution in [2.24, 2.45) is 10.9 Å². The highest BCUT2D eigenvalue weighted by Crippen LogP contribution is 2.27. The number of ether oxygens (including phenoxy) is 1. The molecule has 7 heteroatoms. The molecule has 6 nitrogen and oxygen atoms in total. The SMILES string of the molecule is CN=C(NCCOc1ccc(Br)cc1)N1CCC(C)C(n2ccnc2)C1. The van der Waals surface area contributed by atoms with Gasteiger partial charge < -0.3 is 19.5 Å². The van der Waals surface area contributed by atoms with Crippen LogP contribution in [0.2, 0.25) is 0 Å². The smallest absolute Gasteiger partial charge is 0.193 e. The van der Waals surface area contributed by atoms with Crippen LogP contribution in [0, 0.1) is 5.92 Å². The van der Waals surface area contributed by atoms with Gasteiger partial charge in [0.2, 0.25) is 0 Å². The molecule has 1 aliphatic heterocycles. The van der Waals surface area contributed by atoms with E-state index in [1.54, 1.807) is 0 Å². The minimum atomic E-state index is 0.420. The van der Waals surface area contributed by atoms with E-state index in [4.69, 9.17) is 4.74 Å². The molecule has 2 heterocycles. The molecule has 1 fully saturated rings. The van der Waals surface area contributed by atoms with Crippen LogP contribution in [0.3, 0.4) is 0 Å². The van der Waals surface area contributed by atoms with Crippen molar-refractivity contribution in [3.63, 3.8) is 0 Å². The van der Waals surface area contributed by atoms with Crippen LogP contribution in [0.5, 0.6) is 5.75 Å². The van der Waals surface area contributed by atoms with Gasteiger partial charge in [0.1, 0.15) is 12.4 Å². The van der Waals surface area contributed by atoms with Gasteiger partial charge in [-0.3, -0.25) is 4.99 Å². The number of rotatable bonds is 5. The molecule has 0 saturated carbocycles. The lowest BCUT2D eigenvalue weighted by atomic mass is 9.93. The Morgan fingerprint density at radius 2 is 2.19 bits per heavy atom. The number of imidazole rings is 1. The second-order valence-corrected chi connectivity index (χ2v) is 7.48. The minimum Gasteiger partial charge on any atom is -0.492 e. The third-order valence-electron chi connectivity index (χ3n) is 4.81. The van der Waals surface area contributed by atoms with Crippen LogP contribution in [0.1, 0.15) is 19.4 Å². The Balaban J connectivity index is 1.49. The normalized spacial score (nSPS) is 20.9. The zero-order valence-electron chi connectivity index (χ0n) is 15.3. The van der Waals surface area contributed by atoms with Crippen LogP contribution < -0.4 is 10.1 Å². The maximum Gasteiger partial charge on any atom is 0.193 e. The molecule has 2 unspecified atom stereocenters. The van der Waals surface area contributed by atoms with Crippen LogP contribution in [-0.4, -0.2) is 53.7 Å². The van der Waals surface area contributed by atoms with E-state index in [1.165, 1.54) is 0 Å². The van der Waals surface area contributed by atoms with E-state index in [0.29, 0.717) is 25.1 Å². The zero-order chi connectivity index (χ0) is 18.4. The minimum absolute atomic E-state index is 0.420. The quantitative estimate of drug-likeness (QED) is 0.459. The number of halogens is 1. The standard InChI is InChI=1S/C19H26BrN5O/c1-15-7-10-24(13-18(15)25-11-8-22-14-25)19(21-2)23-9-12-26-17-5-3-16(20)4-6-17/h3-6,8,11,14-15,18H,7,9-10,12-13H2,1-2H3,(H,21,23). The monoisotopic (exact) mass is 419 g/mol. The number of aliphatic imine (C=N–C) groups is 1. The van der Waals surface area contributed by atoms with Gasteiger partial charge in [-0.15, -0.1) is 0 Å². The molecule has 140 valence electrons. The number of nitrogens with one attached hydrogen (secondary N) is 1. The number of likely N-dealkylation sites (tertiary alicyclic amines) is 1. The maximum atomic E-state index is 5.77. The first-order valence-corrected chi connectivity index (χ1v) is 9.78. The lowest BCUT2D eigenvalue weighted by Gasteiger charge is -2.39. The number of nitrogens with zero attached hydrogens (tertiary/aromatic N) is 4. The summed E-state index contributed by atoms with van der Waals surface area (Å²) in [5, 5.41) is 3.42. The van der Waals surface area contributed by atoms with E-state index in [9.17, 15) is 0 Å². The van der Waals surface area contributed by atoms with Gasteiger partial charge in [0.05, 0.1) is 18.9 Å². The van der Waals surface area contributed by atoms with Crippen LogP contribution in [0.25, 0.3) is 0 Å². The van der Waals surface area contributed by atoms with Crippen molar-refractivity contribution in [1.82, 2.24) is 19.8 Å². The number of guanidine groups is 1. The van der Waals surface area contributed by atoms with Gasteiger partial charge in [-0.05, 0) is 36.6 Å². The van der Waals surface area contributed by atoms with Crippen molar-refractivity contribution in [3.05, 3.63) is 47.5 Å². The first-order chi connectivity index (χ1) is 12.7. The van der Waals surface area contributed by atoms with E-state index in [-0.39, 0.29) is 0 Å². The Labute approximate surface area is 163 Å². The number of hydrogen-bond donors (Lipinski definition) is 1. The summed E-state index contributed by atoms with van der Waals surface area (Å²) < 4.78 is 9.03. The predicted octanol–water partition coefficient (Wildman–Crippen LogP) is 3.18. The fourth-order valence-corrected chi connectivity index (χ4v) is 3.55. The highest BCUT2D eigenvalue weighted by molar-refractivity contribution is 9.10. The Hall–Kier alpha value is -2.02. The first kappa shape index (κ1) is 18.8. The molecule has 1 saturated heterocycles. The number of aromatic nitrogens is 2. The first-order valence-electron chi connectivity index (χ1n) is 8.99. The highest BCUT2D eigenvalue weighted by atomic mass is 79.9. The van der Waals surface area contributed by atoms with Gasteiger partial charge in [-0.25, -0.2) is 4.98 Å². The summed E-state index contributed by atoms with van der Waals surface area (Å²) >= 11 is 3.43. The molecule has 0 spiro atoms. The maximum absolute atomic E-state index is 5.77. The second kappa shape index (κ2) is 9.07. The molecule has 1 aromatic carbocycles. The van der Waals surface area contributed by atoms with Crippen LogP contribution in [0.15, 0.2) is 52.5 Å². The zero-order valence-corrected chi connectivity index (χ0v) is 16.9. The van der Waals surface area contributed by atoms with Crippen molar-refractivity contribution < 1.29 is 4.74 Å². The summed E-state index contributed by atoms with van der Waals surface area (Å²) in [7, 11) is 1.84. The van der Waals surface area contributed by atoms with E-state index in [2.05, 4.69) is 47.6 Å². The molecule has 2 atom stereocenters. The highest BCUT2D eigenvalue weighted by Gasteiger charge is 2.28. The largest absolute Gasteiger partial charge is 0.492 e. The van der Waals surface area contributed by atoms with E-state index in [0.717, 1.165) is 35.7 Å². The van der Waals surface area contributed by atoms with Crippen molar-refractivity contribution in [1.29, 1.82) is 0 Å². The van der Waals surface area contributed by atoms with Crippen LogP contribution in [0.4, 0.5) is 0 Å². The summed E-state index contributed by atoms with van der Waals surface area (Å²) in [4.78, 5) is 11.0. The summed E-state index contributed by atoms with van der Waals surface area (Å²) in [6.07, 6.45) is 6.94. The topological polar surface area (TPSA) is 54.7 Å². The average molecular weight is 420 g/mol. The molecule has 2 aromatic rings. The van der Waals surface area contributed by atoms with Crippen molar-refractivity contribution in [2.45, 2.75) is 19.4 Å². The molecule has 1 aromatic heterocycles. The molecule has 1 aliphatic rings. The van der Waals surface area contributed by atoms with Gasteiger partial charge in [0.25, 0.3) is 0 Å². The molecule has 26 heavy (non-hydrogen) atoms. The third-order valence-corrected chi connectivity index (χ3v) is 5.33. The van der Waals surface area contributed by atoms with Crippen molar-refractivity contribution in [3.8, 4) is 5.75 Å².